The van der Waals surface area contributed by atoms with Crippen LogP contribution in [0.25, 0.3) is 11.3 Å². The number of pyridine rings is 1. The van der Waals surface area contributed by atoms with Crippen LogP contribution in [0.2, 0.25) is 0 Å². The van der Waals surface area contributed by atoms with E-state index in [1.165, 1.54) is 14.2 Å². The van der Waals surface area contributed by atoms with Crippen molar-refractivity contribution in [3.63, 3.8) is 0 Å². The molecule has 0 aliphatic rings. The van der Waals surface area contributed by atoms with Crippen molar-refractivity contribution in [1.29, 1.82) is 0 Å². The topological polar surface area (TPSA) is 160 Å². The zero-order valence-electron chi connectivity index (χ0n) is 34.2. The second-order valence-electron chi connectivity index (χ2n) is 16.7. The van der Waals surface area contributed by atoms with E-state index in [2.05, 4.69) is 26.4 Å². The van der Waals surface area contributed by atoms with E-state index in [9.17, 15) is 19.2 Å². The largest absolute Gasteiger partial charge is 0.453 e. The van der Waals surface area contributed by atoms with Crippen LogP contribution in [0.5, 0.6) is 0 Å². The number of hydrogen-bond acceptors (Lipinski definition) is 9. The van der Waals surface area contributed by atoms with Gasteiger partial charge in [0.1, 0.15) is 12.1 Å². The first-order valence-electron chi connectivity index (χ1n) is 18.5. The number of hydrazine groups is 1. The van der Waals surface area contributed by atoms with E-state index < -0.39 is 64.7 Å². The Hall–Kier alpha value is -5.01. The molecule has 3 aromatic rings. The maximum Gasteiger partial charge on any atom is 0.407 e. The third kappa shape index (κ3) is 14.6. The summed E-state index contributed by atoms with van der Waals surface area (Å²) in [4.78, 5) is 57.5. The maximum atomic E-state index is 14.2. The molecule has 300 valence electrons. The van der Waals surface area contributed by atoms with Gasteiger partial charge in [-0.15, -0.1) is 0 Å². The first kappa shape index (κ1) is 44.4. The number of alkyl carbamates (subject to hydrolysis) is 2. The third-order valence-electron chi connectivity index (χ3n) is 8.69. The van der Waals surface area contributed by atoms with E-state index >= 15 is 0 Å². The summed E-state index contributed by atoms with van der Waals surface area (Å²) in [6.45, 7) is 17.2. The summed E-state index contributed by atoms with van der Waals surface area (Å²) in [7, 11) is 2.49. The smallest absolute Gasteiger partial charge is 0.407 e. The van der Waals surface area contributed by atoms with Crippen molar-refractivity contribution >= 4 is 24.0 Å². The lowest BCUT2D eigenvalue weighted by molar-refractivity contribution is -0.137. The molecule has 0 unspecified atom stereocenters. The highest BCUT2D eigenvalue weighted by atomic mass is 16.5. The van der Waals surface area contributed by atoms with Crippen molar-refractivity contribution in [2.75, 3.05) is 20.8 Å². The number of carbonyl (C=O) groups excluding carboxylic acids is 4. The summed E-state index contributed by atoms with van der Waals surface area (Å²) >= 11 is 0. The minimum absolute atomic E-state index is 0.114. The van der Waals surface area contributed by atoms with E-state index in [1.54, 1.807) is 11.2 Å². The van der Waals surface area contributed by atoms with Crippen LogP contribution in [0.4, 0.5) is 9.59 Å². The zero-order valence-corrected chi connectivity index (χ0v) is 34.2. The standard InChI is InChI=1S/C42H60N6O7/c1-40(2,3)34(45-38(51)53-10)36(49)44-32(25-28-17-13-12-14-18-28)33(55-42(7,8)9)27-48(47-37(50)35(41(4,5)6)46-39(52)54-11)26-29-20-22-30(23-21-29)31-19-15-16-24-43-31/h12-24,32-35H,25-27H2,1-11H3,(H,44,49)(H,45,51)(H,46,52)(H,47,50)/t32-,33-,34+,35+/m0/s1. The first-order valence-corrected chi connectivity index (χ1v) is 18.5. The predicted octanol–water partition coefficient (Wildman–Crippen LogP) is 6.03. The van der Waals surface area contributed by atoms with Crippen LogP contribution in [-0.2, 0) is 36.8 Å². The molecule has 0 saturated carbocycles. The number of methoxy groups -OCH3 is 2. The Kier molecular flexibility index (Phi) is 15.8. The molecule has 55 heavy (non-hydrogen) atoms. The maximum absolute atomic E-state index is 14.2. The molecular formula is C42H60N6O7. The number of amides is 4. The summed E-state index contributed by atoms with van der Waals surface area (Å²) < 4.78 is 16.5. The van der Waals surface area contributed by atoms with Crippen LogP contribution in [0.3, 0.4) is 0 Å². The fraction of sp³-hybridized carbons (Fsp3) is 0.500. The Bertz CT molecular complexity index is 1680. The lowest BCUT2D eigenvalue weighted by atomic mass is 9.85. The number of ether oxygens (including phenoxy) is 3. The average molecular weight is 761 g/mol. The van der Waals surface area contributed by atoms with Crippen LogP contribution in [-0.4, -0.2) is 84.6 Å². The molecule has 0 bridgehead atoms. The summed E-state index contributed by atoms with van der Waals surface area (Å²) in [5.41, 5.74) is 4.60. The van der Waals surface area contributed by atoms with Crippen LogP contribution in [0, 0.1) is 10.8 Å². The number of hydrogen-bond donors (Lipinski definition) is 4. The number of benzene rings is 2. The highest BCUT2D eigenvalue weighted by Crippen LogP contribution is 2.24. The van der Waals surface area contributed by atoms with Crippen molar-refractivity contribution < 1.29 is 33.4 Å². The summed E-state index contributed by atoms with van der Waals surface area (Å²) in [5, 5.41) is 10.3. The molecule has 1 heterocycles. The minimum Gasteiger partial charge on any atom is -0.453 e. The highest BCUT2D eigenvalue weighted by Gasteiger charge is 2.39. The third-order valence-corrected chi connectivity index (χ3v) is 8.69. The van der Waals surface area contributed by atoms with E-state index in [-0.39, 0.29) is 13.1 Å². The minimum atomic E-state index is -0.965. The van der Waals surface area contributed by atoms with Crippen LogP contribution < -0.4 is 21.4 Å². The molecule has 0 aliphatic carbocycles. The Morgan fingerprint density at radius 3 is 1.71 bits per heavy atom. The van der Waals surface area contributed by atoms with Crippen molar-refractivity contribution in [2.45, 2.75) is 105 Å². The predicted molar refractivity (Wildman–Crippen MR) is 212 cm³/mol. The first-order chi connectivity index (χ1) is 25.7. The summed E-state index contributed by atoms with van der Waals surface area (Å²) in [6.07, 6.45) is -0.0617. The zero-order chi connectivity index (χ0) is 41.0. The van der Waals surface area contributed by atoms with Crippen molar-refractivity contribution in [3.8, 4) is 11.3 Å². The molecule has 4 atom stereocenters. The molecule has 3 rings (SSSR count). The second kappa shape index (κ2) is 19.5. The van der Waals surface area contributed by atoms with Gasteiger partial charge in [0.25, 0.3) is 5.91 Å². The van der Waals surface area contributed by atoms with E-state index in [1.807, 2.05) is 135 Å². The van der Waals surface area contributed by atoms with Crippen LogP contribution in [0.15, 0.2) is 79.0 Å². The van der Waals surface area contributed by atoms with Gasteiger partial charge in [0, 0.05) is 24.8 Å². The van der Waals surface area contributed by atoms with E-state index in [0.717, 1.165) is 22.4 Å². The number of carbonyl (C=O) groups is 4. The molecule has 0 spiro atoms. The van der Waals surface area contributed by atoms with Crippen molar-refractivity contribution in [2.24, 2.45) is 10.8 Å². The molecule has 13 heteroatoms. The average Bonchev–Trinajstić information content (AvgIpc) is 3.11. The van der Waals surface area contributed by atoms with Gasteiger partial charge in [0.05, 0.1) is 37.7 Å². The SMILES string of the molecule is COC(=O)N[C@H](C(=O)N[C@@H](Cc1ccccc1)[C@H](CN(Cc1ccc(-c2ccccn2)cc1)NC(=O)[C@@H](NC(=O)OC)C(C)(C)C)OC(C)(C)C)C(C)(C)C. The Balaban J connectivity index is 2.10. The van der Waals surface area contributed by atoms with Gasteiger partial charge in [0.2, 0.25) is 5.91 Å². The molecule has 0 fully saturated rings. The molecule has 0 saturated heterocycles. The molecule has 13 nitrogen and oxygen atoms in total. The summed E-state index contributed by atoms with van der Waals surface area (Å²) in [5.74, 6) is -0.881. The molecule has 4 N–H and O–H groups in total. The van der Waals surface area contributed by atoms with Gasteiger partial charge in [-0.3, -0.25) is 20.0 Å². The van der Waals surface area contributed by atoms with Gasteiger partial charge < -0.3 is 30.2 Å². The van der Waals surface area contributed by atoms with Gasteiger partial charge in [0.15, 0.2) is 0 Å². The monoisotopic (exact) mass is 760 g/mol. The fourth-order valence-corrected chi connectivity index (χ4v) is 5.94. The van der Waals surface area contributed by atoms with Gasteiger partial charge in [-0.2, -0.15) is 0 Å². The van der Waals surface area contributed by atoms with Crippen LogP contribution in [0.1, 0.15) is 73.4 Å². The van der Waals surface area contributed by atoms with Crippen molar-refractivity contribution in [1.82, 2.24) is 31.4 Å². The van der Waals surface area contributed by atoms with Gasteiger partial charge in [-0.25, -0.2) is 14.6 Å². The molecule has 0 radical (unpaired) electrons. The highest BCUT2D eigenvalue weighted by molar-refractivity contribution is 5.87. The number of nitrogens with one attached hydrogen (secondary N) is 4. The summed E-state index contributed by atoms with van der Waals surface area (Å²) in [6, 6.07) is 20.7. The Morgan fingerprint density at radius 2 is 1.22 bits per heavy atom. The Labute approximate surface area is 326 Å². The Morgan fingerprint density at radius 1 is 0.673 bits per heavy atom. The van der Waals surface area contributed by atoms with Crippen molar-refractivity contribution in [3.05, 3.63) is 90.1 Å². The second-order valence-corrected chi connectivity index (χ2v) is 16.7. The molecule has 0 aliphatic heterocycles. The fourth-order valence-electron chi connectivity index (χ4n) is 5.94. The van der Waals surface area contributed by atoms with Gasteiger partial charge in [-0.1, -0.05) is 102 Å². The number of rotatable bonds is 15. The number of aromatic nitrogens is 1. The van der Waals surface area contributed by atoms with Gasteiger partial charge >= 0.3 is 12.2 Å². The lowest BCUT2D eigenvalue weighted by Gasteiger charge is -2.39. The molecule has 1 aromatic heterocycles. The van der Waals surface area contributed by atoms with Crippen LogP contribution >= 0.6 is 0 Å². The van der Waals surface area contributed by atoms with Gasteiger partial charge in [-0.05, 0) is 61.3 Å². The molecular weight excluding hydrogens is 700 g/mol. The van der Waals surface area contributed by atoms with E-state index in [4.69, 9.17) is 14.2 Å². The lowest BCUT2D eigenvalue weighted by Crippen LogP contribution is -2.61. The quantitative estimate of drug-likeness (QED) is 0.136. The molecule has 2 aromatic carbocycles. The van der Waals surface area contributed by atoms with E-state index in [0.29, 0.717) is 6.42 Å². The normalized spacial score (nSPS) is 14.2. The number of nitrogens with zero attached hydrogens (tertiary/aromatic N) is 2. The molecule has 4 amide bonds.